The van der Waals surface area contributed by atoms with Gasteiger partial charge in [-0.25, -0.2) is 19.7 Å². The number of fused-ring (bicyclic) bond motifs is 6. The van der Waals surface area contributed by atoms with Crippen molar-refractivity contribution in [3.8, 4) is 11.5 Å². The summed E-state index contributed by atoms with van der Waals surface area (Å²) in [7, 11) is 3.34. The number of benzene rings is 5. The number of aliphatic hydroxyl groups is 3. The van der Waals surface area contributed by atoms with Crippen LogP contribution in [0.4, 0.5) is 0 Å². The number of hydrogen-bond donors (Lipinski definition) is 8. The van der Waals surface area contributed by atoms with Gasteiger partial charge in [-0.05, 0) is 198 Å². The summed E-state index contributed by atoms with van der Waals surface area (Å²) in [6, 6.07) is 54.6. The third-order valence-electron chi connectivity index (χ3n) is 25.4. The number of hydrogen-bond acceptors (Lipinski definition) is 18. The number of aliphatic hydroxyl groups excluding tert-OH is 3. The van der Waals surface area contributed by atoms with Gasteiger partial charge in [-0.1, -0.05) is 138 Å². The second-order valence-corrected chi connectivity index (χ2v) is 50.1. The SMILES string of the molecule is C.C.C.CC(=O)N1CCC(c2ccc3nc(C(=O)NCC(O)CNC4Cc5ccccc5C4)cn3c2)CC1.CC(=O)N1CCC(c2ccc3nc(C(=O)O)cn3c2)CC1.COc1ccc(CN(CC(O)CN)C2Cc3ccccc3C2)cc1.COc1ccc(CN(CC(O)CNC(=O)c2cn3cc(C4CCN(C(C)=O)CC4)ccc3n2)C2Cc3ccccc3C2)cc1.I[I-]I. The van der Waals surface area contributed by atoms with Crippen molar-refractivity contribution in [2.45, 2.75) is 187 Å². The molecule has 0 radical (unpaired) electrons. The Labute approximate surface area is 794 Å². The molecule has 130 heavy (non-hydrogen) atoms. The quantitative estimate of drug-likeness (QED) is 0.0234. The van der Waals surface area contributed by atoms with Gasteiger partial charge in [0, 0.05) is 168 Å². The predicted octanol–water partition coefficient (Wildman–Crippen LogP) is 10.2. The topological polar surface area (TPSA) is 332 Å². The molecular formula is C100H129I3N15O12-. The number of ether oxygens (including phenoxy) is 2. The number of imidazole rings is 3. The number of halogens is 3. The third-order valence-corrected chi connectivity index (χ3v) is 25.4. The van der Waals surface area contributed by atoms with Gasteiger partial charge >= 0.3 is 56.5 Å². The normalized spacial score (nSPS) is 15.9. The molecule has 6 aliphatic rings. The minimum atomic E-state index is -1.02. The van der Waals surface area contributed by atoms with Crippen LogP contribution in [0.25, 0.3) is 16.9 Å². The van der Waals surface area contributed by atoms with Crippen molar-refractivity contribution in [1.82, 2.24) is 68.6 Å². The summed E-state index contributed by atoms with van der Waals surface area (Å²) in [5.74, 6) is 1.62. The number of aromatic carboxylic acids is 1. The molecule has 5 aromatic carbocycles. The first-order valence-corrected chi connectivity index (χ1v) is 56.4. The van der Waals surface area contributed by atoms with Crippen molar-refractivity contribution in [2.24, 2.45) is 5.73 Å². The van der Waals surface area contributed by atoms with E-state index in [1.807, 2.05) is 90.6 Å². The van der Waals surface area contributed by atoms with Crippen LogP contribution in [0.5, 0.6) is 11.5 Å². The second kappa shape index (κ2) is 49.8. The van der Waals surface area contributed by atoms with Gasteiger partial charge in [-0.2, -0.15) is 0 Å². The summed E-state index contributed by atoms with van der Waals surface area (Å²) in [5, 5.41) is 49.6. The Morgan fingerprint density at radius 1 is 0.438 bits per heavy atom. The summed E-state index contributed by atoms with van der Waals surface area (Å²) in [6.07, 6.45) is 20.6. The molecule has 698 valence electrons. The van der Waals surface area contributed by atoms with Crippen LogP contribution >= 0.6 is 37.2 Å². The standard InChI is InChI=1S/C35H41N5O4.C27H33N5O3.C20H26N2O2.C15H17N3O3.3CH4.I3/c1-24(41)38-15-13-26(14-16-38)29-9-12-34-37-33(23-40(34)21-29)35(43)36-19-31(42)22-39(20-25-7-10-32(44-2)11-8-25)30-17-27-5-3-4-6-28(27)18-30;1-18(33)31-10-8-19(9-11-31)22-6-7-26-30-25(17-32(26)16-22)27(35)29-15-24(34)14-28-23-12-20-4-2-3-5-21(20)13-23;1-24-20-8-6-15(7-9-20)13-22(14-19(23)12-21)18-10-16-4-2-3-5-17(16)11-18;1-10(19)17-6-4-11(5-7-17)12-2-3-14-16-13(15(20)21)9-18(14)8-12;;;;1-3-2/h3-12,21,23,26,30-31,42H,13-20,22H2,1-2H3,(H,36,43);2-7,16-17,19,23-24,28,34H,8-15H2,1H3,(H,29,35);2-9,18-19,23H,10-14,21H2,1H3;2-3,8-9,11H,4-7H2,1H3,(H,20,21);3*1H4;/q;;;;;;;-1. The van der Waals surface area contributed by atoms with Gasteiger partial charge < -0.3 is 79.5 Å². The van der Waals surface area contributed by atoms with Crippen molar-refractivity contribution in [3.63, 3.8) is 0 Å². The Morgan fingerprint density at radius 2 is 0.746 bits per heavy atom. The first-order valence-electron chi connectivity index (χ1n) is 43.8. The van der Waals surface area contributed by atoms with Gasteiger partial charge in [0.15, 0.2) is 5.69 Å². The maximum absolute atomic E-state index is 13.1. The molecule has 3 atom stereocenters. The number of methoxy groups -OCH3 is 2. The number of carbonyl (C=O) groups excluding carboxylic acids is 5. The molecule has 3 unspecified atom stereocenters. The van der Waals surface area contributed by atoms with E-state index in [0.29, 0.717) is 104 Å². The molecule has 17 rings (SSSR count). The van der Waals surface area contributed by atoms with E-state index in [4.69, 9.17) is 20.3 Å². The van der Waals surface area contributed by atoms with E-state index in [1.165, 1.54) is 61.8 Å². The van der Waals surface area contributed by atoms with Crippen LogP contribution in [0.2, 0.25) is 0 Å². The molecule has 6 aromatic heterocycles. The predicted molar refractivity (Wildman–Crippen MR) is 523 cm³/mol. The number of carboxylic acids is 1. The average Bonchev–Trinajstić information content (AvgIpc) is 1.66. The number of nitrogens with two attached hydrogens (primary N) is 1. The molecule has 30 heteroatoms. The Kier molecular flexibility index (Phi) is 39.3. The van der Waals surface area contributed by atoms with E-state index in [9.17, 15) is 44.1 Å². The molecule has 0 bridgehead atoms. The summed E-state index contributed by atoms with van der Waals surface area (Å²) in [5.41, 5.74) is 22.6. The molecular weight excluding hydrogens is 1980 g/mol. The number of nitrogens with one attached hydrogen (secondary N) is 3. The number of carbonyl (C=O) groups is 6. The van der Waals surface area contributed by atoms with Gasteiger partial charge in [0.2, 0.25) is 17.7 Å². The van der Waals surface area contributed by atoms with Gasteiger partial charge in [0.1, 0.15) is 39.8 Å². The molecule has 9 N–H and O–H groups in total. The van der Waals surface area contributed by atoms with E-state index in [-0.39, 0.29) is 76.6 Å². The molecule has 11 aromatic rings. The molecule has 3 fully saturated rings. The van der Waals surface area contributed by atoms with E-state index in [2.05, 4.69) is 187 Å². The Hall–Kier alpha value is -9.50. The van der Waals surface area contributed by atoms with Crippen molar-refractivity contribution in [3.05, 3.63) is 273 Å². The number of aromatic nitrogens is 6. The fourth-order valence-corrected chi connectivity index (χ4v) is 18.2. The maximum atomic E-state index is 13.1. The fraction of sp³-hybridized carbons (Fsp3) is 0.430. The zero-order chi connectivity index (χ0) is 89.6. The number of piperidine rings is 3. The molecule has 27 nitrogen and oxygen atoms in total. The van der Waals surface area contributed by atoms with Crippen molar-refractivity contribution < 1.29 is 71.9 Å². The Morgan fingerprint density at radius 3 is 1.06 bits per heavy atom. The van der Waals surface area contributed by atoms with Crippen LogP contribution in [0.1, 0.15) is 192 Å². The summed E-state index contributed by atoms with van der Waals surface area (Å²) < 4.78 is 16.1. The zero-order valence-electron chi connectivity index (χ0n) is 72.7. The van der Waals surface area contributed by atoms with E-state index in [0.717, 1.165) is 140 Å². The summed E-state index contributed by atoms with van der Waals surface area (Å²) in [4.78, 5) is 94.6. The molecule has 0 spiro atoms. The van der Waals surface area contributed by atoms with E-state index in [1.54, 1.807) is 51.8 Å². The summed E-state index contributed by atoms with van der Waals surface area (Å²) in [6.45, 7) is 13.0. The number of likely N-dealkylation sites (tertiary alicyclic amines) is 3. The number of pyridine rings is 3. The zero-order valence-corrected chi connectivity index (χ0v) is 79.2. The van der Waals surface area contributed by atoms with E-state index >= 15 is 0 Å². The first-order chi connectivity index (χ1) is 61.5. The first kappa shape index (κ1) is 103. The molecule has 9 heterocycles. The molecule has 3 aliphatic heterocycles. The van der Waals surface area contributed by atoms with Crippen LogP contribution in [0.15, 0.2) is 195 Å². The molecule has 5 amide bonds. The van der Waals surface area contributed by atoms with Gasteiger partial charge in [-0.15, -0.1) is 0 Å². The Balaban J connectivity index is 0.000000184. The number of nitrogens with zero attached hydrogens (tertiary/aromatic N) is 11. The van der Waals surface area contributed by atoms with E-state index < -0.39 is 24.3 Å². The van der Waals surface area contributed by atoms with Crippen LogP contribution in [0.3, 0.4) is 0 Å². The van der Waals surface area contributed by atoms with Crippen LogP contribution in [-0.2, 0) is 66.0 Å². The average molecular weight is 2110 g/mol. The van der Waals surface area contributed by atoms with Gasteiger partial charge in [0.05, 0.1) is 32.5 Å². The van der Waals surface area contributed by atoms with Crippen molar-refractivity contribution in [2.75, 3.05) is 92.8 Å². The molecule has 0 saturated carbocycles. The Bertz CT molecular complexity index is 5440. The number of rotatable bonds is 26. The van der Waals surface area contributed by atoms with Crippen LogP contribution < -0.4 is 44.4 Å². The second-order valence-electron chi connectivity index (χ2n) is 33.9. The van der Waals surface area contributed by atoms with Crippen molar-refractivity contribution in [1.29, 1.82) is 0 Å². The number of amides is 5. The van der Waals surface area contributed by atoms with Crippen molar-refractivity contribution >= 4 is 89.7 Å². The van der Waals surface area contributed by atoms with Crippen LogP contribution in [0, 0.1) is 0 Å². The monoisotopic (exact) mass is 2110 g/mol. The minimum absolute atomic E-state index is 0. The summed E-state index contributed by atoms with van der Waals surface area (Å²) >= 11 is 5.30. The van der Waals surface area contributed by atoms with Gasteiger partial charge in [-0.3, -0.25) is 33.8 Å². The molecule has 3 aliphatic carbocycles. The fourth-order valence-electron chi connectivity index (χ4n) is 18.2. The third kappa shape index (κ3) is 28.1. The van der Waals surface area contributed by atoms with Crippen LogP contribution in [-0.4, -0.2) is 238 Å². The molecule has 3 saturated heterocycles. The van der Waals surface area contributed by atoms with Gasteiger partial charge in [0.25, 0.3) is 11.8 Å². The number of carboxylic acid groups (broad SMARTS) is 1.